The van der Waals surface area contributed by atoms with Gasteiger partial charge in [-0.2, -0.15) is 0 Å². The van der Waals surface area contributed by atoms with Crippen LogP contribution in [0.5, 0.6) is 0 Å². The van der Waals surface area contributed by atoms with Gasteiger partial charge in [0.25, 0.3) is 10.0 Å². The summed E-state index contributed by atoms with van der Waals surface area (Å²) in [7, 11) is -2.55. The molecule has 2 rings (SSSR count). The fourth-order valence-electron chi connectivity index (χ4n) is 2.42. The fourth-order valence-corrected chi connectivity index (χ4v) is 3.69. The second-order valence-corrected chi connectivity index (χ2v) is 6.87. The molecule has 21 heavy (non-hydrogen) atoms. The lowest BCUT2D eigenvalue weighted by atomic mass is 10.0. The minimum atomic E-state index is -3.78. The molecule has 1 aromatic heterocycles. The molecule has 1 fully saturated rings. The number of carbonyl (C=O) groups excluding carboxylic acids is 1. The monoisotopic (exact) mass is 316 g/mol. The smallest absolute Gasteiger partial charge is 0.341 e. The lowest BCUT2D eigenvalue weighted by molar-refractivity contribution is 0.0598. The molecule has 0 aromatic carbocycles. The molecule has 1 saturated heterocycles. The first-order chi connectivity index (χ1) is 9.83. The van der Waals surface area contributed by atoms with Crippen molar-refractivity contribution in [3.8, 4) is 0 Å². The third-order valence-corrected chi connectivity index (χ3v) is 4.89. The van der Waals surface area contributed by atoms with Gasteiger partial charge in [0.05, 0.1) is 7.11 Å². The SMILES string of the molecule is COC(=O)c1cc(S(=O)(=O)NC2CCNC(C)C2)oc1C. The second kappa shape index (κ2) is 6.17. The Bertz CT molecular complexity index is 623. The molecule has 2 unspecified atom stereocenters. The van der Waals surface area contributed by atoms with Crippen molar-refractivity contribution in [3.63, 3.8) is 0 Å². The Kier molecular flexibility index (Phi) is 4.70. The number of methoxy groups -OCH3 is 1. The number of piperidine rings is 1. The topological polar surface area (TPSA) is 97.6 Å². The highest BCUT2D eigenvalue weighted by Crippen LogP contribution is 2.21. The average Bonchev–Trinajstić information content (AvgIpc) is 2.80. The standard InChI is InChI=1S/C13H20N2O5S/c1-8-6-10(4-5-14-8)15-21(17,18)12-7-11(9(2)20-12)13(16)19-3/h7-8,10,14-15H,4-6H2,1-3H3. The summed E-state index contributed by atoms with van der Waals surface area (Å²) in [5, 5.41) is 3.00. The highest BCUT2D eigenvalue weighted by Gasteiger charge is 2.28. The van der Waals surface area contributed by atoms with Crippen LogP contribution in [-0.4, -0.2) is 40.1 Å². The van der Waals surface area contributed by atoms with Gasteiger partial charge in [-0.05, 0) is 33.2 Å². The number of ether oxygens (including phenoxy) is 1. The van der Waals surface area contributed by atoms with E-state index in [0.717, 1.165) is 6.54 Å². The molecule has 2 heterocycles. The molecule has 1 aliphatic heterocycles. The van der Waals surface area contributed by atoms with Crippen molar-refractivity contribution in [1.82, 2.24) is 10.0 Å². The number of hydrogen-bond donors (Lipinski definition) is 2. The predicted molar refractivity (Wildman–Crippen MR) is 75.6 cm³/mol. The summed E-state index contributed by atoms with van der Waals surface area (Å²) >= 11 is 0. The first-order valence-corrected chi connectivity index (χ1v) is 8.26. The lowest BCUT2D eigenvalue weighted by Gasteiger charge is -2.28. The maximum absolute atomic E-state index is 12.3. The largest absolute Gasteiger partial charge is 0.465 e. The van der Waals surface area contributed by atoms with E-state index in [0.29, 0.717) is 12.8 Å². The van der Waals surface area contributed by atoms with E-state index in [4.69, 9.17) is 4.42 Å². The van der Waals surface area contributed by atoms with Crippen LogP contribution < -0.4 is 10.0 Å². The van der Waals surface area contributed by atoms with E-state index in [9.17, 15) is 13.2 Å². The van der Waals surface area contributed by atoms with Gasteiger partial charge >= 0.3 is 5.97 Å². The number of esters is 1. The number of carbonyl (C=O) groups is 1. The molecule has 1 aromatic rings. The molecular formula is C13H20N2O5S. The van der Waals surface area contributed by atoms with Gasteiger partial charge in [-0.15, -0.1) is 0 Å². The van der Waals surface area contributed by atoms with E-state index >= 15 is 0 Å². The summed E-state index contributed by atoms with van der Waals surface area (Å²) < 4.78 is 37.0. The zero-order valence-electron chi connectivity index (χ0n) is 12.3. The highest BCUT2D eigenvalue weighted by atomic mass is 32.2. The molecule has 0 saturated carbocycles. The maximum atomic E-state index is 12.3. The van der Waals surface area contributed by atoms with Crippen molar-refractivity contribution in [3.05, 3.63) is 17.4 Å². The third kappa shape index (κ3) is 3.63. The minimum Gasteiger partial charge on any atom is -0.465 e. The van der Waals surface area contributed by atoms with Crippen LogP contribution in [0.4, 0.5) is 0 Å². The van der Waals surface area contributed by atoms with Crippen LogP contribution in [-0.2, 0) is 14.8 Å². The van der Waals surface area contributed by atoms with Crippen LogP contribution in [0.2, 0.25) is 0 Å². The first kappa shape index (κ1) is 16.0. The summed E-state index contributed by atoms with van der Waals surface area (Å²) in [5.41, 5.74) is 0.122. The van der Waals surface area contributed by atoms with Gasteiger partial charge in [0.2, 0.25) is 5.09 Å². The highest BCUT2D eigenvalue weighted by molar-refractivity contribution is 7.89. The minimum absolute atomic E-state index is 0.122. The Morgan fingerprint density at radius 1 is 1.52 bits per heavy atom. The molecule has 0 radical (unpaired) electrons. The molecule has 0 bridgehead atoms. The number of sulfonamides is 1. The Balaban J connectivity index is 2.18. The van der Waals surface area contributed by atoms with Crippen molar-refractivity contribution in [2.75, 3.05) is 13.7 Å². The van der Waals surface area contributed by atoms with E-state index in [-0.39, 0.29) is 28.5 Å². The summed E-state index contributed by atoms with van der Waals surface area (Å²) in [6.07, 6.45) is 1.43. The lowest BCUT2D eigenvalue weighted by Crippen LogP contribution is -2.46. The van der Waals surface area contributed by atoms with E-state index in [1.165, 1.54) is 20.1 Å². The Morgan fingerprint density at radius 3 is 2.86 bits per heavy atom. The molecule has 118 valence electrons. The zero-order valence-corrected chi connectivity index (χ0v) is 13.1. The summed E-state index contributed by atoms with van der Waals surface area (Å²) in [6.45, 7) is 4.30. The van der Waals surface area contributed by atoms with Gasteiger partial charge < -0.3 is 14.5 Å². The van der Waals surface area contributed by atoms with Gasteiger partial charge in [0, 0.05) is 18.2 Å². The Hall–Kier alpha value is -1.38. The summed E-state index contributed by atoms with van der Waals surface area (Å²) in [5.74, 6) is -0.394. The maximum Gasteiger partial charge on any atom is 0.341 e. The number of rotatable bonds is 4. The van der Waals surface area contributed by atoms with Crippen LogP contribution in [0.3, 0.4) is 0 Å². The van der Waals surface area contributed by atoms with E-state index in [1.54, 1.807) is 0 Å². The van der Waals surface area contributed by atoms with Crippen LogP contribution >= 0.6 is 0 Å². The Labute approximate surface area is 124 Å². The zero-order chi connectivity index (χ0) is 15.6. The quantitative estimate of drug-likeness (QED) is 0.797. The number of hydrogen-bond acceptors (Lipinski definition) is 6. The number of nitrogens with one attached hydrogen (secondary N) is 2. The van der Waals surface area contributed by atoms with Gasteiger partial charge in [0.15, 0.2) is 0 Å². The third-order valence-electron chi connectivity index (χ3n) is 3.51. The summed E-state index contributed by atoms with van der Waals surface area (Å²) in [6, 6.07) is 1.32. The molecule has 1 aliphatic rings. The molecular weight excluding hydrogens is 296 g/mol. The Morgan fingerprint density at radius 2 is 2.24 bits per heavy atom. The molecule has 7 nitrogen and oxygen atoms in total. The normalized spacial score (nSPS) is 23.0. The number of aryl methyl sites for hydroxylation is 1. The molecule has 0 aliphatic carbocycles. The van der Waals surface area contributed by atoms with Crippen molar-refractivity contribution in [2.24, 2.45) is 0 Å². The molecule has 0 amide bonds. The average molecular weight is 316 g/mol. The number of furan rings is 1. The fraction of sp³-hybridized carbons (Fsp3) is 0.615. The predicted octanol–water partition coefficient (Wildman–Crippen LogP) is 0.793. The van der Waals surface area contributed by atoms with Gasteiger partial charge in [-0.3, -0.25) is 0 Å². The van der Waals surface area contributed by atoms with Crippen molar-refractivity contribution in [2.45, 2.75) is 43.9 Å². The van der Waals surface area contributed by atoms with Gasteiger partial charge in [-0.1, -0.05) is 0 Å². The van der Waals surface area contributed by atoms with Crippen molar-refractivity contribution in [1.29, 1.82) is 0 Å². The van der Waals surface area contributed by atoms with Crippen LogP contribution in [0.1, 0.15) is 35.9 Å². The summed E-state index contributed by atoms with van der Waals surface area (Å²) in [4.78, 5) is 11.5. The van der Waals surface area contributed by atoms with E-state index in [2.05, 4.69) is 14.8 Å². The second-order valence-electron chi connectivity index (χ2n) is 5.22. The molecule has 2 N–H and O–H groups in total. The van der Waals surface area contributed by atoms with E-state index < -0.39 is 16.0 Å². The van der Waals surface area contributed by atoms with Gasteiger partial charge in [0.1, 0.15) is 11.3 Å². The van der Waals surface area contributed by atoms with Crippen LogP contribution in [0.25, 0.3) is 0 Å². The van der Waals surface area contributed by atoms with Crippen molar-refractivity contribution < 1.29 is 22.4 Å². The molecule has 2 atom stereocenters. The van der Waals surface area contributed by atoms with Crippen molar-refractivity contribution >= 4 is 16.0 Å². The van der Waals surface area contributed by atoms with Crippen LogP contribution in [0, 0.1) is 6.92 Å². The van der Waals surface area contributed by atoms with Crippen LogP contribution in [0.15, 0.2) is 15.6 Å². The van der Waals surface area contributed by atoms with Gasteiger partial charge in [-0.25, -0.2) is 17.9 Å². The first-order valence-electron chi connectivity index (χ1n) is 6.78. The van der Waals surface area contributed by atoms with E-state index in [1.807, 2.05) is 6.92 Å². The molecule has 0 spiro atoms. The molecule has 8 heteroatoms.